The molecule has 1 aliphatic rings. The van der Waals surface area contributed by atoms with Crippen molar-refractivity contribution < 1.29 is 17.9 Å². The lowest BCUT2D eigenvalue weighted by atomic mass is 10.0. The smallest absolute Gasteiger partial charge is 0.429 e. The van der Waals surface area contributed by atoms with E-state index in [2.05, 4.69) is 21.6 Å². The summed E-state index contributed by atoms with van der Waals surface area (Å²) in [6.07, 6.45) is -0.496. The second kappa shape index (κ2) is 9.47. The van der Waals surface area contributed by atoms with Gasteiger partial charge < -0.3 is 9.64 Å². The van der Waals surface area contributed by atoms with Crippen LogP contribution < -0.4 is 4.74 Å². The first kappa shape index (κ1) is 24.1. The molecule has 1 aromatic carbocycles. The molecule has 0 saturated carbocycles. The normalized spacial score (nSPS) is 15.4. The van der Waals surface area contributed by atoms with Crippen LogP contribution in [0.15, 0.2) is 48.8 Å². The molecule has 12 heteroatoms. The molecule has 0 aliphatic carbocycles. The van der Waals surface area contributed by atoms with Crippen LogP contribution in [0.25, 0.3) is 16.8 Å². The molecule has 9 nitrogen and oxygen atoms in total. The molecule has 3 aromatic heterocycles. The zero-order valence-electron chi connectivity index (χ0n) is 19.7. The van der Waals surface area contributed by atoms with Crippen LogP contribution in [0.3, 0.4) is 0 Å². The Bertz CT molecular complexity index is 1510. The molecule has 0 radical (unpaired) electrons. The number of benzene rings is 1. The molecule has 1 saturated heterocycles. The minimum atomic E-state index is -4.71. The Morgan fingerprint density at radius 2 is 1.86 bits per heavy atom. The highest BCUT2D eigenvalue weighted by molar-refractivity contribution is 5.74. The van der Waals surface area contributed by atoms with Crippen molar-refractivity contribution in [2.24, 2.45) is 0 Å². The minimum absolute atomic E-state index is 0.0490. The molecule has 1 atom stereocenters. The maximum Gasteiger partial charge on any atom is 0.429 e. The highest BCUT2D eigenvalue weighted by Gasteiger charge is 2.43. The van der Waals surface area contributed by atoms with Crippen molar-refractivity contribution in [3.05, 3.63) is 65.6 Å². The molecule has 1 aliphatic heterocycles. The average Bonchev–Trinajstić information content (AvgIpc) is 3.50. The monoisotopic (exact) mass is 506 g/mol. The van der Waals surface area contributed by atoms with Gasteiger partial charge in [-0.05, 0) is 25.8 Å². The van der Waals surface area contributed by atoms with Gasteiger partial charge in [0, 0.05) is 30.4 Å². The van der Waals surface area contributed by atoms with Gasteiger partial charge in [0.1, 0.15) is 28.6 Å². The zero-order valence-corrected chi connectivity index (χ0v) is 19.7. The number of likely N-dealkylation sites (tertiary alicyclic amines) is 1. The summed E-state index contributed by atoms with van der Waals surface area (Å²) in [5.41, 5.74) is 1.78. The van der Waals surface area contributed by atoms with Gasteiger partial charge in [-0.2, -0.15) is 28.8 Å². The Hall–Kier alpha value is -4.58. The summed E-state index contributed by atoms with van der Waals surface area (Å²) in [6.45, 7) is 3.06. The second-order valence-electron chi connectivity index (χ2n) is 8.79. The van der Waals surface area contributed by atoms with E-state index in [1.165, 1.54) is 41.0 Å². The summed E-state index contributed by atoms with van der Waals surface area (Å²) in [5.74, 6) is -0.144. The van der Waals surface area contributed by atoms with E-state index in [1.54, 1.807) is 21.8 Å². The van der Waals surface area contributed by atoms with E-state index >= 15 is 0 Å². The van der Waals surface area contributed by atoms with Crippen molar-refractivity contribution in [1.29, 1.82) is 10.5 Å². The van der Waals surface area contributed by atoms with Crippen LogP contribution >= 0.6 is 0 Å². The summed E-state index contributed by atoms with van der Waals surface area (Å²) < 4.78 is 51.0. The standard InChI is InChI=1S/C25H21F3N8O/c1-16-22(32-33-36(16)20-7-9-34(15-30)10-8-20)18-11-21(23-19(12-29)13-31-35(23)14-18)37-24(25(26,27)28)17-5-3-2-4-6-17/h2-6,11,13-14,20,24H,7-10H2,1H3/t24-/m0/s1. The lowest BCUT2D eigenvalue weighted by Crippen LogP contribution is -2.31. The van der Waals surface area contributed by atoms with Crippen LogP contribution in [0.5, 0.6) is 5.75 Å². The maximum absolute atomic E-state index is 14.1. The number of hydrogen-bond acceptors (Lipinski definition) is 7. The molecule has 0 N–H and O–H groups in total. The van der Waals surface area contributed by atoms with Crippen molar-refractivity contribution >= 4 is 5.52 Å². The maximum atomic E-state index is 14.1. The van der Waals surface area contributed by atoms with E-state index in [9.17, 15) is 18.4 Å². The molecule has 37 heavy (non-hydrogen) atoms. The topological polar surface area (TPSA) is 108 Å². The number of alkyl halides is 3. The van der Waals surface area contributed by atoms with E-state index in [1.807, 2.05) is 13.0 Å². The number of ether oxygens (including phenoxy) is 1. The first-order valence-corrected chi connectivity index (χ1v) is 11.6. The lowest BCUT2D eigenvalue weighted by molar-refractivity contribution is -0.197. The molecule has 0 bridgehead atoms. The lowest BCUT2D eigenvalue weighted by Gasteiger charge is -2.28. The Balaban J connectivity index is 1.57. The fourth-order valence-electron chi connectivity index (χ4n) is 4.63. The van der Waals surface area contributed by atoms with Gasteiger partial charge in [-0.15, -0.1) is 5.10 Å². The van der Waals surface area contributed by atoms with Gasteiger partial charge in [-0.3, -0.25) is 0 Å². The number of piperidine rings is 1. The quantitative estimate of drug-likeness (QED) is 0.365. The zero-order chi connectivity index (χ0) is 26.2. The summed E-state index contributed by atoms with van der Waals surface area (Å²) in [4.78, 5) is 1.69. The first-order valence-electron chi connectivity index (χ1n) is 11.6. The van der Waals surface area contributed by atoms with Crippen LogP contribution in [-0.2, 0) is 0 Å². The molecular weight excluding hydrogens is 485 g/mol. The van der Waals surface area contributed by atoms with Gasteiger partial charge in [0.05, 0.1) is 17.9 Å². The van der Waals surface area contributed by atoms with Crippen molar-refractivity contribution in [3.63, 3.8) is 0 Å². The van der Waals surface area contributed by atoms with Gasteiger partial charge in [0.2, 0.25) is 6.10 Å². The van der Waals surface area contributed by atoms with Crippen molar-refractivity contribution in [2.45, 2.75) is 38.1 Å². The van der Waals surface area contributed by atoms with E-state index in [0.717, 1.165) is 18.5 Å². The van der Waals surface area contributed by atoms with Crippen LogP contribution in [0.4, 0.5) is 13.2 Å². The third-order valence-corrected chi connectivity index (χ3v) is 6.49. The van der Waals surface area contributed by atoms with E-state index in [0.29, 0.717) is 24.3 Å². The number of aromatic nitrogens is 5. The molecular formula is C25H21F3N8O. The third kappa shape index (κ3) is 4.54. The van der Waals surface area contributed by atoms with Gasteiger partial charge >= 0.3 is 6.18 Å². The minimum Gasteiger partial charge on any atom is -0.474 e. The molecule has 0 amide bonds. The average molecular weight is 506 g/mol. The second-order valence-corrected chi connectivity index (χ2v) is 8.79. The number of nitriles is 2. The predicted molar refractivity (Wildman–Crippen MR) is 125 cm³/mol. The first-order chi connectivity index (χ1) is 17.8. The number of rotatable bonds is 5. The van der Waals surface area contributed by atoms with Crippen molar-refractivity contribution in [1.82, 2.24) is 29.5 Å². The Morgan fingerprint density at radius 3 is 2.51 bits per heavy atom. The summed E-state index contributed by atoms with van der Waals surface area (Å²) in [6, 6.07) is 10.8. The predicted octanol–water partition coefficient (Wildman–Crippen LogP) is 4.57. The highest BCUT2D eigenvalue weighted by Crippen LogP contribution is 2.40. The molecule has 188 valence electrons. The summed E-state index contributed by atoms with van der Waals surface area (Å²) in [7, 11) is 0. The van der Waals surface area contributed by atoms with E-state index in [-0.39, 0.29) is 28.4 Å². The van der Waals surface area contributed by atoms with Crippen LogP contribution in [0, 0.1) is 29.7 Å². The summed E-state index contributed by atoms with van der Waals surface area (Å²) >= 11 is 0. The Morgan fingerprint density at radius 1 is 1.14 bits per heavy atom. The molecule has 0 unspecified atom stereocenters. The SMILES string of the molecule is Cc1c(-c2cc(O[C@@H](c3ccccc3)C(F)(F)F)c3c(C#N)cnn3c2)nnn1C1CCN(C#N)CC1. The number of pyridine rings is 1. The van der Waals surface area contributed by atoms with Crippen molar-refractivity contribution in [2.75, 3.05) is 13.1 Å². The van der Waals surface area contributed by atoms with Gasteiger partial charge in [0.15, 0.2) is 6.19 Å². The largest absolute Gasteiger partial charge is 0.474 e. The van der Waals surface area contributed by atoms with Gasteiger partial charge in [0.25, 0.3) is 0 Å². The fourth-order valence-corrected chi connectivity index (χ4v) is 4.63. The highest BCUT2D eigenvalue weighted by atomic mass is 19.4. The van der Waals surface area contributed by atoms with E-state index in [4.69, 9.17) is 10.00 Å². The fraction of sp³-hybridized carbons (Fsp3) is 0.320. The molecule has 4 heterocycles. The van der Waals surface area contributed by atoms with Crippen LogP contribution in [0.2, 0.25) is 0 Å². The number of fused-ring (bicyclic) bond motifs is 1. The van der Waals surface area contributed by atoms with Gasteiger partial charge in [-0.1, -0.05) is 35.5 Å². The molecule has 4 aromatic rings. The summed E-state index contributed by atoms with van der Waals surface area (Å²) in [5, 5.41) is 31.4. The van der Waals surface area contributed by atoms with Gasteiger partial charge in [-0.25, -0.2) is 9.20 Å². The number of nitrogens with zero attached hydrogens (tertiary/aromatic N) is 8. The Labute approximate surface area is 209 Å². The molecule has 5 rings (SSSR count). The molecule has 0 spiro atoms. The van der Waals surface area contributed by atoms with Crippen molar-refractivity contribution in [3.8, 4) is 29.3 Å². The number of halogens is 3. The Kier molecular flexibility index (Phi) is 6.17. The van der Waals surface area contributed by atoms with E-state index < -0.39 is 12.3 Å². The van der Waals surface area contributed by atoms with Crippen LogP contribution in [-0.4, -0.2) is 48.8 Å². The third-order valence-electron chi connectivity index (χ3n) is 6.49. The molecule has 1 fully saturated rings. The number of hydrogen-bond donors (Lipinski definition) is 0. The van der Waals surface area contributed by atoms with Crippen LogP contribution in [0.1, 0.15) is 41.8 Å².